The predicted molar refractivity (Wildman–Crippen MR) is 112 cm³/mol. The number of alkyl halides is 1. The Hall–Kier alpha value is -0.0500. The molecule has 0 aromatic heterocycles. The van der Waals surface area contributed by atoms with Crippen molar-refractivity contribution in [3.8, 4) is 0 Å². The highest BCUT2D eigenvalue weighted by Crippen LogP contribution is 2.66. The zero-order valence-corrected chi connectivity index (χ0v) is 18.5. The number of carbonyl (C=O) groups is 1. The number of amides is 1. The molecular weight excluding hydrogens is 398 g/mol. The van der Waals surface area contributed by atoms with Crippen LogP contribution >= 0.6 is 15.9 Å². The maximum atomic E-state index is 13.2. The molecule has 2 unspecified atom stereocenters. The summed E-state index contributed by atoms with van der Waals surface area (Å²) in [6.07, 6.45) is 17.4. The fourth-order valence-electron chi connectivity index (χ4n) is 10.0. The maximum Gasteiger partial charge on any atom is 0.220 e. The van der Waals surface area contributed by atoms with E-state index < -0.39 is 0 Å². The highest BCUT2D eigenvalue weighted by molar-refractivity contribution is 9.10. The molecule has 8 aliphatic carbocycles. The van der Waals surface area contributed by atoms with Gasteiger partial charge in [0.15, 0.2) is 0 Å². The molecule has 0 aromatic rings. The minimum absolute atomic E-state index is 0.304. The molecule has 3 heteroatoms. The standard InChI is InChI=1S/C24H36BrNO/c1-15(23-8-16-2-17(9-23)4-18(3-16)10-23)26-21(27)13-22-6-19-5-20(7-22)12-24(25,11-19)14-22/h15-20H,2-14H2,1H3,(H,26,27)/t15-,16?,17?,18?,19-,20+,22?,23?,24?/m0/s1. The van der Waals surface area contributed by atoms with E-state index in [2.05, 4.69) is 28.2 Å². The van der Waals surface area contributed by atoms with E-state index in [1.807, 2.05) is 0 Å². The third-order valence-electron chi connectivity index (χ3n) is 10.0. The molecule has 0 aromatic carbocycles. The number of carbonyl (C=O) groups excluding carboxylic acids is 1. The Morgan fingerprint density at radius 3 is 1.93 bits per heavy atom. The fourth-order valence-corrected chi connectivity index (χ4v) is 11.5. The van der Waals surface area contributed by atoms with Gasteiger partial charge < -0.3 is 5.32 Å². The predicted octanol–water partition coefficient (Wildman–Crippen LogP) is 5.83. The lowest BCUT2D eigenvalue weighted by molar-refractivity contribution is -0.132. The fraction of sp³-hybridized carbons (Fsp3) is 0.958. The molecule has 0 radical (unpaired) electrons. The molecule has 0 aliphatic heterocycles. The highest BCUT2D eigenvalue weighted by atomic mass is 79.9. The van der Waals surface area contributed by atoms with Gasteiger partial charge in [0.05, 0.1) is 0 Å². The summed E-state index contributed by atoms with van der Waals surface area (Å²) in [5.74, 6) is 5.01. The zero-order chi connectivity index (χ0) is 18.4. The van der Waals surface area contributed by atoms with Crippen LogP contribution in [-0.2, 0) is 4.79 Å². The van der Waals surface area contributed by atoms with Crippen LogP contribution in [0.1, 0.15) is 90.4 Å². The second-order valence-corrected chi connectivity index (χ2v) is 14.0. The SMILES string of the molecule is C[C@H](NC(=O)CC12C[C@@H]3C[C@@H](CC(Br)(C3)C1)C2)C12CC3CC(CC(C3)C1)C2. The van der Waals surface area contributed by atoms with E-state index in [9.17, 15) is 4.79 Å². The molecule has 0 spiro atoms. The Morgan fingerprint density at radius 2 is 1.41 bits per heavy atom. The number of nitrogens with one attached hydrogen (secondary N) is 1. The first-order chi connectivity index (χ1) is 12.8. The average Bonchev–Trinajstić information content (AvgIpc) is 2.50. The van der Waals surface area contributed by atoms with Crippen molar-refractivity contribution in [3.05, 3.63) is 0 Å². The van der Waals surface area contributed by atoms with Gasteiger partial charge in [-0.15, -0.1) is 0 Å². The molecule has 8 aliphatic rings. The first-order valence-corrected chi connectivity index (χ1v) is 12.6. The van der Waals surface area contributed by atoms with Gasteiger partial charge in [0.2, 0.25) is 5.91 Å². The Balaban J connectivity index is 1.15. The third kappa shape index (κ3) is 2.88. The Labute approximate surface area is 173 Å². The quantitative estimate of drug-likeness (QED) is 0.554. The lowest BCUT2D eigenvalue weighted by Crippen LogP contribution is -2.57. The van der Waals surface area contributed by atoms with Gasteiger partial charge in [0, 0.05) is 16.8 Å². The first kappa shape index (κ1) is 17.8. The monoisotopic (exact) mass is 433 g/mol. The van der Waals surface area contributed by atoms with Crippen LogP contribution in [0.15, 0.2) is 0 Å². The van der Waals surface area contributed by atoms with Gasteiger partial charge in [-0.05, 0) is 124 Å². The minimum atomic E-state index is 0.304. The van der Waals surface area contributed by atoms with Crippen LogP contribution < -0.4 is 5.32 Å². The average molecular weight is 434 g/mol. The van der Waals surface area contributed by atoms with Gasteiger partial charge in [-0.2, -0.15) is 0 Å². The van der Waals surface area contributed by atoms with Crippen LogP contribution in [0.3, 0.4) is 0 Å². The van der Waals surface area contributed by atoms with Gasteiger partial charge in [0.1, 0.15) is 0 Å². The van der Waals surface area contributed by atoms with Gasteiger partial charge in [-0.25, -0.2) is 0 Å². The summed E-state index contributed by atoms with van der Waals surface area (Å²) in [7, 11) is 0. The topological polar surface area (TPSA) is 29.1 Å². The normalized spacial score (nSPS) is 55.7. The molecule has 27 heavy (non-hydrogen) atoms. The van der Waals surface area contributed by atoms with E-state index >= 15 is 0 Å². The first-order valence-electron chi connectivity index (χ1n) is 11.8. The van der Waals surface area contributed by atoms with Crippen LogP contribution in [0.25, 0.3) is 0 Å². The van der Waals surface area contributed by atoms with Crippen LogP contribution in [0, 0.1) is 40.4 Å². The van der Waals surface area contributed by atoms with Crippen molar-refractivity contribution in [1.29, 1.82) is 0 Å². The van der Waals surface area contributed by atoms with E-state index in [1.165, 1.54) is 77.0 Å². The molecule has 5 atom stereocenters. The van der Waals surface area contributed by atoms with Gasteiger partial charge >= 0.3 is 0 Å². The Kier molecular flexibility index (Phi) is 3.79. The zero-order valence-electron chi connectivity index (χ0n) is 16.9. The van der Waals surface area contributed by atoms with E-state index in [0.717, 1.165) is 36.0 Å². The van der Waals surface area contributed by atoms with Crippen molar-refractivity contribution in [2.45, 2.75) is 101 Å². The van der Waals surface area contributed by atoms with E-state index in [0.29, 0.717) is 27.1 Å². The molecule has 0 saturated heterocycles. The molecule has 8 fully saturated rings. The Morgan fingerprint density at radius 1 is 0.889 bits per heavy atom. The maximum absolute atomic E-state index is 13.2. The number of halogens is 1. The van der Waals surface area contributed by atoms with Crippen LogP contribution in [0.4, 0.5) is 0 Å². The molecule has 1 amide bonds. The molecule has 0 heterocycles. The van der Waals surface area contributed by atoms with Crippen LogP contribution in [0.2, 0.25) is 0 Å². The summed E-state index contributed by atoms with van der Waals surface area (Å²) < 4.78 is 0.364. The lowest BCUT2D eigenvalue weighted by atomic mass is 9.47. The molecule has 150 valence electrons. The summed E-state index contributed by atoms with van der Waals surface area (Å²) in [4.78, 5) is 13.2. The van der Waals surface area contributed by atoms with E-state index in [1.54, 1.807) is 0 Å². The highest BCUT2D eigenvalue weighted by Gasteiger charge is 2.58. The van der Waals surface area contributed by atoms with Crippen molar-refractivity contribution in [2.75, 3.05) is 0 Å². The molecule has 2 nitrogen and oxygen atoms in total. The second-order valence-electron chi connectivity index (χ2n) is 12.4. The minimum Gasteiger partial charge on any atom is -0.353 e. The van der Waals surface area contributed by atoms with Crippen molar-refractivity contribution in [1.82, 2.24) is 5.32 Å². The summed E-state index contributed by atoms with van der Waals surface area (Å²) in [5.41, 5.74) is 0.737. The van der Waals surface area contributed by atoms with Crippen molar-refractivity contribution < 1.29 is 4.79 Å². The van der Waals surface area contributed by atoms with Gasteiger partial charge in [0.25, 0.3) is 0 Å². The largest absolute Gasteiger partial charge is 0.353 e. The second kappa shape index (κ2) is 5.76. The number of rotatable bonds is 4. The molecule has 1 N–H and O–H groups in total. The summed E-state index contributed by atoms with van der Waals surface area (Å²) in [6, 6.07) is 0.380. The lowest BCUT2D eigenvalue weighted by Gasteiger charge is -2.60. The molecular formula is C24H36BrNO. The smallest absolute Gasteiger partial charge is 0.220 e. The number of hydrogen-bond acceptors (Lipinski definition) is 1. The van der Waals surface area contributed by atoms with Crippen LogP contribution in [0.5, 0.6) is 0 Å². The van der Waals surface area contributed by atoms with Gasteiger partial charge in [-0.3, -0.25) is 4.79 Å². The van der Waals surface area contributed by atoms with Crippen molar-refractivity contribution in [3.63, 3.8) is 0 Å². The van der Waals surface area contributed by atoms with Crippen molar-refractivity contribution >= 4 is 21.8 Å². The Bertz CT molecular complexity index is 607. The molecule has 8 saturated carbocycles. The van der Waals surface area contributed by atoms with E-state index in [4.69, 9.17) is 0 Å². The molecule has 8 rings (SSSR count). The van der Waals surface area contributed by atoms with Gasteiger partial charge in [-0.1, -0.05) is 15.9 Å². The third-order valence-corrected chi connectivity index (χ3v) is 11.0. The molecule has 8 bridgehead atoms. The summed E-state index contributed by atoms with van der Waals surface area (Å²) in [6.45, 7) is 2.34. The summed E-state index contributed by atoms with van der Waals surface area (Å²) >= 11 is 4.11. The van der Waals surface area contributed by atoms with Crippen LogP contribution in [-0.4, -0.2) is 16.3 Å². The van der Waals surface area contributed by atoms with Crippen molar-refractivity contribution in [2.24, 2.45) is 40.4 Å². The summed E-state index contributed by atoms with van der Waals surface area (Å²) in [5, 5.41) is 3.57. The van der Waals surface area contributed by atoms with E-state index in [-0.39, 0.29) is 0 Å². The number of hydrogen-bond donors (Lipinski definition) is 1.